The van der Waals surface area contributed by atoms with E-state index in [1.807, 2.05) is 44.2 Å². The van der Waals surface area contributed by atoms with Gasteiger partial charge in [-0.05, 0) is 5.56 Å². The fraction of sp³-hybridized carbons (Fsp3) is 0.417. The molecule has 3 nitrogen and oxygen atoms in total. The summed E-state index contributed by atoms with van der Waals surface area (Å²) in [6.07, 6.45) is -0.0944. The molecule has 1 heterocycles. The highest BCUT2D eigenvalue weighted by Gasteiger charge is 2.35. The first-order valence-corrected chi connectivity index (χ1v) is 5.06. The monoisotopic (exact) mass is 205 g/mol. The summed E-state index contributed by atoms with van der Waals surface area (Å²) in [5.41, 5.74) is 1.66. The number of nitrogens with zero attached hydrogens (tertiary/aromatic N) is 1. The van der Waals surface area contributed by atoms with E-state index in [4.69, 9.17) is 4.84 Å². The second-order valence-corrected chi connectivity index (χ2v) is 4.53. The van der Waals surface area contributed by atoms with Crippen molar-refractivity contribution in [2.75, 3.05) is 0 Å². The Bertz CT molecular complexity index is 370. The molecule has 1 aliphatic heterocycles. The number of rotatable bonds is 1. The maximum Gasteiger partial charge on any atom is 0.229 e. The van der Waals surface area contributed by atoms with Crippen LogP contribution in [0.5, 0.6) is 0 Å². The molecule has 3 heteroatoms. The predicted octanol–water partition coefficient (Wildman–Crippen LogP) is 2.16. The molecule has 1 unspecified atom stereocenters. The number of oxime groups is 1. The van der Waals surface area contributed by atoms with Gasteiger partial charge in [0.15, 0.2) is 0 Å². The maximum absolute atomic E-state index is 9.57. The minimum absolute atomic E-state index is 0.285. The normalized spacial score (nSPS) is 24.2. The number of aliphatic hydroxyl groups excluding tert-OH is 1. The van der Waals surface area contributed by atoms with E-state index in [9.17, 15) is 5.11 Å². The van der Waals surface area contributed by atoms with E-state index in [1.54, 1.807) is 0 Å². The first-order chi connectivity index (χ1) is 7.09. The van der Waals surface area contributed by atoms with Crippen LogP contribution in [0, 0.1) is 5.41 Å². The molecule has 0 saturated carbocycles. The van der Waals surface area contributed by atoms with E-state index in [-0.39, 0.29) is 5.41 Å². The minimum atomic E-state index is -0.815. The third kappa shape index (κ3) is 2.02. The van der Waals surface area contributed by atoms with Crippen molar-refractivity contribution in [3.8, 4) is 0 Å². The van der Waals surface area contributed by atoms with E-state index in [0.29, 0.717) is 0 Å². The molecular weight excluding hydrogens is 190 g/mol. The molecule has 15 heavy (non-hydrogen) atoms. The Kier molecular flexibility index (Phi) is 2.49. The van der Waals surface area contributed by atoms with E-state index >= 15 is 0 Å². The van der Waals surface area contributed by atoms with Crippen LogP contribution in [-0.2, 0) is 4.84 Å². The molecule has 1 aromatic rings. The van der Waals surface area contributed by atoms with Crippen molar-refractivity contribution in [3.05, 3.63) is 35.9 Å². The lowest BCUT2D eigenvalue weighted by atomic mass is 9.84. The molecule has 0 bridgehead atoms. The fourth-order valence-corrected chi connectivity index (χ4v) is 1.59. The average Bonchev–Trinajstić information content (AvgIpc) is 2.23. The summed E-state index contributed by atoms with van der Waals surface area (Å²) in [5.74, 6) is 0. The van der Waals surface area contributed by atoms with Crippen LogP contribution in [0.2, 0.25) is 0 Å². The third-order valence-electron chi connectivity index (χ3n) is 2.66. The molecule has 0 amide bonds. The van der Waals surface area contributed by atoms with Gasteiger partial charge in [-0.2, -0.15) is 0 Å². The van der Waals surface area contributed by atoms with Gasteiger partial charge in [0.05, 0.1) is 5.71 Å². The number of hydrogen-bond donors (Lipinski definition) is 1. The van der Waals surface area contributed by atoms with E-state index in [1.165, 1.54) is 0 Å². The van der Waals surface area contributed by atoms with E-state index < -0.39 is 6.29 Å². The minimum Gasteiger partial charge on any atom is -0.363 e. The lowest BCUT2D eigenvalue weighted by Gasteiger charge is -2.32. The summed E-state index contributed by atoms with van der Waals surface area (Å²) >= 11 is 0. The lowest BCUT2D eigenvalue weighted by Crippen LogP contribution is -2.36. The van der Waals surface area contributed by atoms with Gasteiger partial charge < -0.3 is 9.94 Å². The van der Waals surface area contributed by atoms with Gasteiger partial charge in [0.2, 0.25) is 6.29 Å². The van der Waals surface area contributed by atoms with Gasteiger partial charge >= 0.3 is 0 Å². The quantitative estimate of drug-likeness (QED) is 0.763. The fourth-order valence-electron chi connectivity index (χ4n) is 1.59. The molecule has 1 atom stereocenters. The maximum atomic E-state index is 9.57. The lowest BCUT2D eigenvalue weighted by molar-refractivity contribution is -0.171. The van der Waals surface area contributed by atoms with Crippen molar-refractivity contribution in [1.82, 2.24) is 0 Å². The summed E-state index contributed by atoms with van der Waals surface area (Å²) in [4.78, 5) is 5.00. The smallest absolute Gasteiger partial charge is 0.229 e. The Hall–Kier alpha value is -1.35. The van der Waals surface area contributed by atoms with Crippen LogP contribution in [0.4, 0.5) is 0 Å². The van der Waals surface area contributed by atoms with Crippen LogP contribution in [0.25, 0.3) is 0 Å². The highest BCUT2D eigenvalue weighted by molar-refractivity contribution is 6.00. The zero-order valence-corrected chi connectivity index (χ0v) is 8.97. The highest BCUT2D eigenvalue weighted by Crippen LogP contribution is 2.32. The molecule has 0 spiro atoms. The molecule has 0 saturated heterocycles. The molecule has 1 N–H and O–H groups in total. The SMILES string of the molecule is CC1(C)CC(c2ccccc2)=NOC1O. The third-order valence-corrected chi connectivity index (χ3v) is 2.66. The average molecular weight is 205 g/mol. The zero-order valence-electron chi connectivity index (χ0n) is 8.97. The van der Waals surface area contributed by atoms with Crippen LogP contribution in [0.1, 0.15) is 25.8 Å². The first-order valence-electron chi connectivity index (χ1n) is 5.06. The predicted molar refractivity (Wildman–Crippen MR) is 58.5 cm³/mol. The number of aliphatic hydroxyl groups is 1. The summed E-state index contributed by atoms with van der Waals surface area (Å²) in [6.45, 7) is 3.94. The topological polar surface area (TPSA) is 41.8 Å². The van der Waals surface area contributed by atoms with Gasteiger partial charge in [-0.25, -0.2) is 0 Å². The Morgan fingerprint density at radius 2 is 2.00 bits per heavy atom. The van der Waals surface area contributed by atoms with Crippen molar-refractivity contribution < 1.29 is 9.94 Å². The van der Waals surface area contributed by atoms with Crippen molar-refractivity contribution in [2.45, 2.75) is 26.6 Å². The molecule has 0 radical (unpaired) electrons. The van der Waals surface area contributed by atoms with Crippen molar-refractivity contribution in [3.63, 3.8) is 0 Å². The van der Waals surface area contributed by atoms with Gasteiger partial charge in [0, 0.05) is 11.8 Å². The molecular formula is C12H15NO2. The summed E-state index contributed by atoms with van der Waals surface area (Å²) in [6, 6.07) is 9.89. The standard InChI is InChI=1S/C12H15NO2/c1-12(2)8-10(13-15-11(12)14)9-6-4-3-5-7-9/h3-7,11,14H,8H2,1-2H3. The van der Waals surface area contributed by atoms with Gasteiger partial charge in [0.25, 0.3) is 0 Å². The molecule has 1 aromatic carbocycles. The zero-order chi connectivity index (χ0) is 10.9. The summed E-state index contributed by atoms with van der Waals surface area (Å²) < 4.78 is 0. The van der Waals surface area contributed by atoms with Crippen molar-refractivity contribution in [1.29, 1.82) is 0 Å². The highest BCUT2D eigenvalue weighted by atomic mass is 16.7. The summed E-state index contributed by atoms with van der Waals surface area (Å²) in [5, 5.41) is 13.5. The molecule has 0 fully saturated rings. The molecule has 0 aliphatic carbocycles. The molecule has 1 aliphatic rings. The van der Waals surface area contributed by atoms with Crippen LogP contribution in [-0.4, -0.2) is 17.1 Å². The summed E-state index contributed by atoms with van der Waals surface area (Å²) in [7, 11) is 0. The van der Waals surface area contributed by atoms with E-state index in [2.05, 4.69) is 5.16 Å². The van der Waals surface area contributed by atoms with Crippen LogP contribution < -0.4 is 0 Å². The van der Waals surface area contributed by atoms with E-state index in [0.717, 1.165) is 17.7 Å². The number of hydrogen-bond acceptors (Lipinski definition) is 3. The Labute approximate surface area is 89.4 Å². The van der Waals surface area contributed by atoms with Crippen molar-refractivity contribution in [2.24, 2.45) is 10.6 Å². The van der Waals surface area contributed by atoms with Gasteiger partial charge in [-0.3, -0.25) is 0 Å². The largest absolute Gasteiger partial charge is 0.363 e. The molecule has 0 aromatic heterocycles. The molecule has 80 valence electrons. The van der Waals surface area contributed by atoms with Gasteiger partial charge in [-0.1, -0.05) is 49.3 Å². The van der Waals surface area contributed by atoms with Crippen molar-refractivity contribution >= 4 is 5.71 Å². The van der Waals surface area contributed by atoms with Gasteiger partial charge in [-0.15, -0.1) is 0 Å². The number of benzene rings is 1. The molecule has 2 rings (SSSR count). The van der Waals surface area contributed by atoms with Crippen LogP contribution in [0.15, 0.2) is 35.5 Å². The first kappa shape index (κ1) is 10.2. The van der Waals surface area contributed by atoms with Gasteiger partial charge in [0.1, 0.15) is 0 Å². The van der Waals surface area contributed by atoms with Crippen LogP contribution in [0.3, 0.4) is 0 Å². The Morgan fingerprint density at radius 3 is 2.60 bits per heavy atom. The Balaban J connectivity index is 2.26. The van der Waals surface area contributed by atoms with Crippen LogP contribution >= 0.6 is 0 Å². The second kappa shape index (κ2) is 3.66. The Morgan fingerprint density at radius 1 is 1.33 bits per heavy atom. The second-order valence-electron chi connectivity index (χ2n) is 4.53.